The van der Waals surface area contributed by atoms with E-state index >= 15 is 0 Å². The number of likely N-dealkylation sites (tertiary alicyclic amines) is 1. The first kappa shape index (κ1) is 15.8. The number of ether oxygens (including phenoxy) is 1. The van der Waals surface area contributed by atoms with E-state index in [-0.39, 0.29) is 0 Å². The lowest BCUT2D eigenvalue weighted by molar-refractivity contribution is 0.0264. The molecule has 0 unspecified atom stereocenters. The maximum absolute atomic E-state index is 5.67. The van der Waals surface area contributed by atoms with Gasteiger partial charge < -0.3 is 19.5 Å². The van der Waals surface area contributed by atoms with Crippen LogP contribution in [0.25, 0.3) is 0 Å². The molecule has 1 aromatic heterocycles. The lowest BCUT2D eigenvalue weighted by Crippen LogP contribution is -2.47. The molecular weight excluding hydrogens is 270 g/mol. The van der Waals surface area contributed by atoms with Crippen LogP contribution in [0.2, 0.25) is 0 Å². The molecule has 0 aliphatic carbocycles. The van der Waals surface area contributed by atoms with E-state index in [0.717, 1.165) is 45.0 Å². The number of nitrogens with zero attached hydrogens (tertiary/aromatic N) is 4. The van der Waals surface area contributed by atoms with E-state index in [9.17, 15) is 0 Å². The number of nitrogens with one attached hydrogen (secondary N) is 1. The van der Waals surface area contributed by atoms with Crippen molar-refractivity contribution in [1.29, 1.82) is 0 Å². The van der Waals surface area contributed by atoms with E-state index in [4.69, 9.17) is 9.26 Å². The smallest absolute Gasteiger partial charge is 0.228 e. The third kappa shape index (κ3) is 4.70. The Morgan fingerprint density at radius 2 is 2.24 bits per heavy atom. The molecule has 0 bridgehead atoms. The van der Waals surface area contributed by atoms with Gasteiger partial charge in [-0.15, -0.1) is 0 Å². The van der Waals surface area contributed by atoms with Crippen LogP contribution in [0.15, 0.2) is 9.52 Å². The van der Waals surface area contributed by atoms with Crippen molar-refractivity contribution < 1.29 is 9.26 Å². The van der Waals surface area contributed by atoms with Crippen molar-refractivity contribution >= 4 is 5.96 Å². The fourth-order valence-corrected chi connectivity index (χ4v) is 2.53. The van der Waals surface area contributed by atoms with E-state index in [0.29, 0.717) is 24.2 Å². The van der Waals surface area contributed by atoms with Gasteiger partial charge in [-0.1, -0.05) is 5.16 Å². The van der Waals surface area contributed by atoms with E-state index in [1.807, 2.05) is 20.9 Å². The summed E-state index contributed by atoms with van der Waals surface area (Å²) in [5, 5.41) is 7.13. The van der Waals surface area contributed by atoms with Crippen LogP contribution in [0, 0.1) is 6.92 Å². The summed E-state index contributed by atoms with van der Waals surface area (Å²) >= 11 is 0. The van der Waals surface area contributed by atoms with E-state index < -0.39 is 0 Å². The maximum atomic E-state index is 5.67. The highest BCUT2D eigenvalue weighted by Gasteiger charge is 2.21. The average Bonchev–Trinajstić information content (AvgIpc) is 2.91. The standard InChI is InChI=1S/C14H25N5O2/c1-4-20-12-6-9-19(10-7-12)14(15-3)16-8-5-13-17-11(2)18-21-13/h12H,4-10H2,1-3H3,(H,15,16). The number of piperidine rings is 1. The lowest BCUT2D eigenvalue weighted by Gasteiger charge is -2.34. The lowest BCUT2D eigenvalue weighted by atomic mass is 10.1. The number of rotatable bonds is 5. The van der Waals surface area contributed by atoms with Crippen LogP contribution in [0.5, 0.6) is 0 Å². The SMILES string of the molecule is CCOC1CCN(C(=NC)NCCc2nc(C)no2)CC1. The van der Waals surface area contributed by atoms with Crippen molar-refractivity contribution in [1.82, 2.24) is 20.4 Å². The Bertz CT molecular complexity index is 452. The third-order valence-corrected chi connectivity index (χ3v) is 3.55. The van der Waals surface area contributed by atoms with Crippen molar-refractivity contribution in [2.24, 2.45) is 4.99 Å². The van der Waals surface area contributed by atoms with Crippen LogP contribution in [0.4, 0.5) is 0 Å². The second-order valence-corrected chi connectivity index (χ2v) is 5.10. The molecule has 0 amide bonds. The summed E-state index contributed by atoms with van der Waals surface area (Å²) in [4.78, 5) is 10.8. The zero-order valence-electron chi connectivity index (χ0n) is 13.1. The predicted molar refractivity (Wildman–Crippen MR) is 80.3 cm³/mol. The van der Waals surface area contributed by atoms with Crippen LogP contribution >= 0.6 is 0 Å². The second kappa shape index (κ2) is 7.97. The third-order valence-electron chi connectivity index (χ3n) is 3.55. The summed E-state index contributed by atoms with van der Waals surface area (Å²) in [6.07, 6.45) is 3.20. The first-order valence-electron chi connectivity index (χ1n) is 7.59. The van der Waals surface area contributed by atoms with Gasteiger partial charge in [-0.25, -0.2) is 0 Å². The van der Waals surface area contributed by atoms with Crippen molar-refractivity contribution in [2.45, 2.75) is 39.2 Å². The van der Waals surface area contributed by atoms with Gasteiger partial charge in [-0.2, -0.15) is 4.98 Å². The van der Waals surface area contributed by atoms with Crippen LogP contribution in [0.1, 0.15) is 31.5 Å². The molecule has 7 heteroatoms. The van der Waals surface area contributed by atoms with Gasteiger partial charge in [0.15, 0.2) is 11.8 Å². The zero-order chi connectivity index (χ0) is 15.1. The summed E-state index contributed by atoms with van der Waals surface area (Å²) in [6, 6.07) is 0. The highest BCUT2D eigenvalue weighted by atomic mass is 16.5. The molecule has 0 atom stereocenters. The van der Waals surface area contributed by atoms with Crippen molar-refractivity contribution in [3.8, 4) is 0 Å². The summed E-state index contributed by atoms with van der Waals surface area (Å²) in [6.45, 7) is 7.35. The maximum Gasteiger partial charge on any atom is 0.228 e. The molecule has 1 saturated heterocycles. The molecule has 7 nitrogen and oxygen atoms in total. The van der Waals surface area contributed by atoms with Crippen molar-refractivity contribution in [3.63, 3.8) is 0 Å². The summed E-state index contributed by atoms with van der Waals surface area (Å²) in [5.74, 6) is 2.26. The topological polar surface area (TPSA) is 75.8 Å². The van der Waals surface area contributed by atoms with Gasteiger partial charge in [0.25, 0.3) is 0 Å². The Balaban J connectivity index is 1.73. The Hall–Kier alpha value is -1.63. The molecular formula is C14H25N5O2. The number of hydrogen-bond donors (Lipinski definition) is 1. The molecule has 0 aromatic carbocycles. The van der Waals surface area contributed by atoms with Gasteiger partial charge in [0.1, 0.15) is 0 Å². The van der Waals surface area contributed by atoms with Gasteiger partial charge >= 0.3 is 0 Å². The minimum absolute atomic E-state index is 0.394. The second-order valence-electron chi connectivity index (χ2n) is 5.10. The number of aromatic nitrogens is 2. The van der Waals surface area contributed by atoms with Gasteiger partial charge in [0.2, 0.25) is 5.89 Å². The minimum Gasteiger partial charge on any atom is -0.378 e. The first-order chi connectivity index (χ1) is 10.2. The van der Waals surface area contributed by atoms with Crippen LogP contribution in [0.3, 0.4) is 0 Å². The average molecular weight is 295 g/mol. The van der Waals surface area contributed by atoms with Gasteiger partial charge in [-0.3, -0.25) is 4.99 Å². The number of guanidine groups is 1. The number of aliphatic imine (C=N–C) groups is 1. The Morgan fingerprint density at radius 1 is 1.48 bits per heavy atom. The Morgan fingerprint density at radius 3 is 2.81 bits per heavy atom. The predicted octanol–water partition coefficient (Wildman–Crippen LogP) is 0.997. The number of aryl methyl sites for hydroxylation is 1. The van der Waals surface area contributed by atoms with Crippen LogP contribution in [-0.2, 0) is 11.2 Å². The van der Waals surface area contributed by atoms with Crippen LogP contribution < -0.4 is 5.32 Å². The molecule has 21 heavy (non-hydrogen) atoms. The highest BCUT2D eigenvalue weighted by Crippen LogP contribution is 2.13. The molecule has 1 aromatic rings. The summed E-state index contributed by atoms with van der Waals surface area (Å²) < 4.78 is 10.8. The fraction of sp³-hybridized carbons (Fsp3) is 0.786. The first-order valence-corrected chi connectivity index (χ1v) is 7.59. The van der Waals surface area contributed by atoms with Gasteiger partial charge in [-0.05, 0) is 26.7 Å². The zero-order valence-corrected chi connectivity index (χ0v) is 13.1. The molecule has 118 valence electrons. The molecule has 0 radical (unpaired) electrons. The molecule has 0 saturated carbocycles. The Labute approximate surface area is 125 Å². The molecule has 1 aliphatic rings. The monoisotopic (exact) mass is 295 g/mol. The minimum atomic E-state index is 0.394. The quantitative estimate of drug-likeness (QED) is 0.645. The van der Waals surface area contributed by atoms with Crippen molar-refractivity contribution in [3.05, 3.63) is 11.7 Å². The molecule has 2 heterocycles. The molecule has 1 aliphatic heterocycles. The summed E-state index contributed by atoms with van der Waals surface area (Å²) in [5.41, 5.74) is 0. The van der Waals surface area contributed by atoms with Crippen molar-refractivity contribution in [2.75, 3.05) is 33.3 Å². The highest BCUT2D eigenvalue weighted by molar-refractivity contribution is 5.79. The largest absolute Gasteiger partial charge is 0.378 e. The molecule has 1 N–H and O–H groups in total. The molecule has 2 rings (SSSR count). The van der Waals surface area contributed by atoms with E-state index in [1.165, 1.54) is 0 Å². The van der Waals surface area contributed by atoms with Gasteiger partial charge in [0.05, 0.1) is 6.10 Å². The number of hydrogen-bond acceptors (Lipinski definition) is 5. The van der Waals surface area contributed by atoms with E-state index in [1.54, 1.807) is 0 Å². The van der Waals surface area contributed by atoms with E-state index in [2.05, 4.69) is 25.3 Å². The fourth-order valence-electron chi connectivity index (χ4n) is 2.53. The molecule has 0 spiro atoms. The van der Waals surface area contributed by atoms with Crippen LogP contribution in [-0.4, -0.2) is 60.4 Å². The normalized spacial score (nSPS) is 17.3. The molecule has 1 fully saturated rings. The Kier molecular flexibility index (Phi) is 5.98. The summed E-state index contributed by atoms with van der Waals surface area (Å²) in [7, 11) is 1.81. The van der Waals surface area contributed by atoms with Gasteiger partial charge in [0, 0.05) is 39.7 Å².